The molecule has 0 radical (unpaired) electrons. The molecule has 0 unspecified atom stereocenters. The Kier molecular flexibility index (Phi) is 6.28. The molecule has 0 fully saturated rings. The summed E-state index contributed by atoms with van der Waals surface area (Å²) < 4.78 is 10.0. The van der Waals surface area contributed by atoms with Crippen molar-refractivity contribution in [2.75, 3.05) is 20.8 Å². The van der Waals surface area contributed by atoms with E-state index in [-0.39, 0.29) is 5.97 Å². The van der Waals surface area contributed by atoms with Crippen molar-refractivity contribution in [2.24, 2.45) is 5.41 Å². The van der Waals surface area contributed by atoms with Crippen LogP contribution in [0.15, 0.2) is 36.4 Å². The number of methoxy groups -OCH3 is 2. The van der Waals surface area contributed by atoms with Gasteiger partial charge in [-0.05, 0) is 38.0 Å². The SMILES string of the molecule is COCC[C@@](C)(/C=C/c1ccc2ccc([C@@H](C)O)nc2c1)C(=O)OC. The van der Waals surface area contributed by atoms with Crippen LogP contribution in [-0.2, 0) is 14.3 Å². The van der Waals surface area contributed by atoms with Crippen LogP contribution >= 0.6 is 0 Å². The standard InChI is InChI=1S/C20H25NO4/c1-14(22)17-8-7-16-6-5-15(13-18(16)21-17)9-10-20(2,11-12-24-3)19(23)25-4/h5-10,13-14,22H,11-12H2,1-4H3/b10-9+/t14-,20-/m1/s1. The Labute approximate surface area is 148 Å². The second kappa shape index (κ2) is 8.23. The molecule has 25 heavy (non-hydrogen) atoms. The molecule has 1 aromatic heterocycles. The van der Waals surface area contributed by atoms with E-state index in [9.17, 15) is 9.90 Å². The van der Waals surface area contributed by atoms with Crippen LogP contribution in [0.25, 0.3) is 17.0 Å². The van der Waals surface area contributed by atoms with Crippen molar-refractivity contribution in [3.8, 4) is 0 Å². The van der Waals surface area contributed by atoms with Gasteiger partial charge in [-0.3, -0.25) is 9.78 Å². The summed E-state index contributed by atoms with van der Waals surface area (Å²) in [5.41, 5.74) is 1.61. The Hall–Kier alpha value is -2.24. The van der Waals surface area contributed by atoms with Crippen molar-refractivity contribution in [3.05, 3.63) is 47.7 Å². The number of aliphatic hydroxyl groups excluding tert-OH is 1. The zero-order valence-corrected chi connectivity index (χ0v) is 15.2. The van der Waals surface area contributed by atoms with Gasteiger partial charge in [0.05, 0.1) is 29.8 Å². The smallest absolute Gasteiger partial charge is 0.315 e. The molecule has 2 aromatic rings. The number of rotatable bonds is 7. The Bertz CT molecular complexity index is 769. The van der Waals surface area contributed by atoms with Crippen LogP contribution in [0.2, 0.25) is 0 Å². The summed E-state index contributed by atoms with van der Waals surface area (Å²) in [5, 5.41) is 10.7. The number of benzene rings is 1. The molecule has 0 aliphatic rings. The molecule has 134 valence electrons. The second-order valence-corrected chi connectivity index (χ2v) is 6.35. The van der Waals surface area contributed by atoms with Gasteiger partial charge in [0.15, 0.2) is 0 Å². The Morgan fingerprint density at radius 3 is 2.68 bits per heavy atom. The predicted molar refractivity (Wildman–Crippen MR) is 98.0 cm³/mol. The van der Waals surface area contributed by atoms with Crippen LogP contribution in [0.4, 0.5) is 0 Å². The Morgan fingerprint density at radius 1 is 1.32 bits per heavy atom. The maximum Gasteiger partial charge on any atom is 0.315 e. The summed E-state index contributed by atoms with van der Waals surface area (Å²) in [5.74, 6) is -0.295. The van der Waals surface area contributed by atoms with Crippen molar-refractivity contribution in [1.82, 2.24) is 4.98 Å². The zero-order valence-electron chi connectivity index (χ0n) is 15.2. The third kappa shape index (κ3) is 4.65. The van der Waals surface area contributed by atoms with E-state index in [4.69, 9.17) is 9.47 Å². The van der Waals surface area contributed by atoms with Crippen LogP contribution in [0.5, 0.6) is 0 Å². The van der Waals surface area contributed by atoms with E-state index < -0.39 is 11.5 Å². The third-order valence-electron chi connectivity index (χ3n) is 4.29. The number of hydrogen-bond donors (Lipinski definition) is 1. The van der Waals surface area contributed by atoms with Gasteiger partial charge in [0.2, 0.25) is 0 Å². The number of fused-ring (bicyclic) bond motifs is 1. The van der Waals surface area contributed by atoms with Gasteiger partial charge in [-0.2, -0.15) is 0 Å². The van der Waals surface area contributed by atoms with Crippen molar-refractivity contribution in [3.63, 3.8) is 0 Å². The highest BCUT2D eigenvalue weighted by molar-refractivity contribution is 5.83. The van der Waals surface area contributed by atoms with Crippen molar-refractivity contribution >= 4 is 22.9 Å². The fourth-order valence-electron chi connectivity index (χ4n) is 2.57. The summed E-state index contributed by atoms with van der Waals surface area (Å²) in [4.78, 5) is 16.6. The topological polar surface area (TPSA) is 68.7 Å². The molecule has 0 saturated carbocycles. The van der Waals surface area contributed by atoms with Gasteiger partial charge in [0.1, 0.15) is 0 Å². The lowest BCUT2D eigenvalue weighted by Crippen LogP contribution is -2.28. The number of aliphatic hydroxyl groups is 1. The zero-order chi connectivity index (χ0) is 18.4. The van der Waals surface area contributed by atoms with Gasteiger partial charge in [-0.1, -0.05) is 30.4 Å². The predicted octanol–water partition coefficient (Wildman–Crippen LogP) is 3.52. The van der Waals surface area contributed by atoms with Crippen molar-refractivity contribution < 1.29 is 19.4 Å². The molecule has 0 aliphatic heterocycles. The molecule has 0 spiro atoms. The normalized spacial score (nSPS) is 15.2. The second-order valence-electron chi connectivity index (χ2n) is 6.35. The molecule has 5 heteroatoms. The minimum Gasteiger partial charge on any atom is -0.468 e. The number of pyridine rings is 1. The molecule has 5 nitrogen and oxygen atoms in total. The van der Waals surface area contributed by atoms with Gasteiger partial charge in [0, 0.05) is 19.1 Å². The number of carbonyl (C=O) groups excluding carboxylic acids is 1. The summed E-state index contributed by atoms with van der Waals surface area (Å²) in [6.45, 7) is 3.99. The van der Waals surface area contributed by atoms with Crippen LogP contribution in [0.1, 0.15) is 37.6 Å². The molecule has 1 heterocycles. The number of esters is 1. The van der Waals surface area contributed by atoms with Gasteiger partial charge in [-0.15, -0.1) is 0 Å². The van der Waals surface area contributed by atoms with Crippen molar-refractivity contribution in [2.45, 2.75) is 26.4 Å². The molecule has 0 saturated heterocycles. The number of hydrogen-bond acceptors (Lipinski definition) is 5. The lowest BCUT2D eigenvalue weighted by molar-refractivity contribution is -0.149. The van der Waals surface area contributed by atoms with Crippen molar-refractivity contribution in [1.29, 1.82) is 0 Å². The van der Waals surface area contributed by atoms with E-state index in [1.807, 2.05) is 49.4 Å². The first-order valence-corrected chi connectivity index (χ1v) is 8.25. The molecule has 0 amide bonds. The third-order valence-corrected chi connectivity index (χ3v) is 4.29. The summed E-state index contributed by atoms with van der Waals surface area (Å²) in [6.07, 6.45) is 3.66. The summed E-state index contributed by atoms with van der Waals surface area (Å²) >= 11 is 0. The highest BCUT2D eigenvalue weighted by Gasteiger charge is 2.31. The lowest BCUT2D eigenvalue weighted by Gasteiger charge is -2.22. The van der Waals surface area contributed by atoms with Crippen LogP contribution in [-0.4, -0.2) is 36.9 Å². The number of nitrogens with zero attached hydrogens (tertiary/aromatic N) is 1. The fourth-order valence-corrected chi connectivity index (χ4v) is 2.57. The van der Waals surface area contributed by atoms with Gasteiger partial charge >= 0.3 is 5.97 Å². The molecular formula is C20H25NO4. The maximum absolute atomic E-state index is 12.1. The molecule has 2 atom stereocenters. The first kappa shape index (κ1) is 19.1. The van der Waals surface area contributed by atoms with Crippen LogP contribution in [0, 0.1) is 5.41 Å². The number of ether oxygens (including phenoxy) is 2. The average molecular weight is 343 g/mol. The Morgan fingerprint density at radius 2 is 2.04 bits per heavy atom. The minimum absolute atomic E-state index is 0.295. The number of carbonyl (C=O) groups is 1. The van der Waals surface area contributed by atoms with E-state index in [1.54, 1.807) is 14.0 Å². The molecule has 0 aliphatic carbocycles. The highest BCUT2D eigenvalue weighted by Crippen LogP contribution is 2.27. The van der Waals surface area contributed by atoms with Gasteiger partial charge in [-0.25, -0.2) is 0 Å². The van der Waals surface area contributed by atoms with E-state index in [2.05, 4.69) is 4.98 Å². The van der Waals surface area contributed by atoms with Gasteiger partial charge in [0.25, 0.3) is 0 Å². The first-order chi connectivity index (χ1) is 11.9. The molecule has 1 N–H and O–H groups in total. The van der Waals surface area contributed by atoms with E-state index in [0.29, 0.717) is 18.7 Å². The van der Waals surface area contributed by atoms with Crippen LogP contribution in [0.3, 0.4) is 0 Å². The quantitative estimate of drug-likeness (QED) is 0.779. The molecular weight excluding hydrogens is 318 g/mol. The highest BCUT2D eigenvalue weighted by atomic mass is 16.5. The Balaban J connectivity index is 2.33. The average Bonchev–Trinajstić information content (AvgIpc) is 2.63. The number of aromatic nitrogens is 1. The minimum atomic E-state index is -0.755. The molecule has 2 rings (SSSR count). The van der Waals surface area contributed by atoms with E-state index in [0.717, 1.165) is 16.5 Å². The maximum atomic E-state index is 12.1. The van der Waals surface area contributed by atoms with E-state index in [1.165, 1.54) is 7.11 Å². The molecule has 0 bridgehead atoms. The monoisotopic (exact) mass is 343 g/mol. The first-order valence-electron chi connectivity index (χ1n) is 8.25. The summed E-state index contributed by atoms with van der Waals surface area (Å²) in [6, 6.07) is 9.64. The lowest BCUT2D eigenvalue weighted by atomic mass is 9.86. The fraction of sp³-hybridized carbons (Fsp3) is 0.400. The van der Waals surface area contributed by atoms with Gasteiger partial charge < -0.3 is 14.6 Å². The van der Waals surface area contributed by atoms with E-state index >= 15 is 0 Å². The summed E-state index contributed by atoms with van der Waals surface area (Å²) in [7, 11) is 2.99. The van der Waals surface area contributed by atoms with Crippen LogP contribution < -0.4 is 0 Å². The largest absolute Gasteiger partial charge is 0.468 e. The molecule has 1 aromatic carbocycles.